The Bertz CT molecular complexity index is 304. The van der Waals surface area contributed by atoms with Gasteiger partial charge in [0.1, 0.15) is 11.6 Å². The first-order valence-electron chi connectivity index (χ1n) is 5.73. The van der Waals surface area contributed by atoms with Crippen molar-refractivity contribution in [1.29, 1.82) is 0 Å². The first kappa shape index (κ1) is 12.2. The molecular formula is C11H22N4. The lowest BCUT2D eigenvalue weighted by Gasteiger charge is -2.18. The molecule has 1 rings (SSSR count). The predicted molar refractivity (Wildman–Crippen MR) is 61.8 cm³/mol. The van der Waals surface area contributed by atoms with Crippen molar-refractivity contribution in [3.05, 3.63) is 11.6 Å². The summed E-state index contributed by atoms with van der Waals surface area (Å²) in [6.07, 6.45) is 2.22. The van der Waals surface area contributed by atoms with Crippen LogP contribution in [0.15, 0.2) is 0 Å². The van der Waals surface area contributed by atoms with Crippen molar-refractivity contribution >= 4 is 0 Å². The number of rotatable bonds is 5. The van der Waals surface area contributed by atoms with Crippen LogP contribution in [0.1, 0.15) is 57.2 Å². The summed E-state index contributed by atoms with van der Waals surface area (Å²) in [4.78, 5) is 0. The highest BCUT2D eigenvalue weighted by atomic mass is 15.3. The second kappa shape index (κ2) is 5.26. The van der Waals surface area contributed by atoms with E-state index in [0.717, 1.165) is 24.5 Å². The van der Waals surface area contributed by atoms with Gasteiger partial charge in [-0.05, 0) is 27.2 Å². The van der Waals surface area contributed by atoms with Crippen LogP contribution in [0.4, 0.5) is 0 Å². The van der Waals surface area contributed by atoms with Gasteiger partial charge in [-0.2, -0.15) is 0 Å². The molecule has 0 spiro atoms. The zero-order valence-corrected chi connectivity index (χ0v) is 10.2. The fourth-order valence-corrected chi connectivity index (χ4v) is 2.00. The van der Waals surface area contributed by atoms with E-state index in [1.54, 1.807) is 0 Å². The van der Waals surface area contributed by atoms with Crippen molar-refractivity contribution in [2.45, 2.75) is 52.5 Å². The van der Waals surface area contributed by atoms with Crippen LogP contribution in [0.2, 0.25) is 0 Å². The maximum absolute atomic E-state index is 5.79. The standard InChI is InChI=1S/C11H22N4/c1-5-6-10(7-12)11-14-13-9(4)15(11)8(2)3/h8,10H,5-7,12H2,1-4H3. The molecule has 1 heterocycles. The van der Waals surface area contributed by atoms with E-state index in [2.05, 4.69) is 35.5 Å². The molecule has 4 heteroatoms. The summed E-state index contributed by atoms with van der Waals surface area (Å²) in [5.41, 5.74) is 5.79. The molecule has 0 amide bonds. The first-order chi connectivity index (χ1) is 7.11. The van der Waals surface area contributed by atoms with E-state index >= 15 is 0 Å². The maximum atomic E-state index is 5.79. The van der Waals surface area contributed by atoms with Gasteiger partial charge in [-0.15, -0.1) is 10.2 Å². The van der Waals surface area contributed by atoms with Gasteiger partial charge in [0, 0.05) is 18.5 Å². The van der Waals surface area contributed by atoms with Crippen LogP contribution in [-0.2, 0) is 0 Å². The number of nitrogens with two attached hydrogens (primary N) is 1. The van der Waals surface area contributed by atoms with Crippen molar-refractivity contribution in [3.8, 4) is 0 Å². The third kappa shape index (κ3) is 2.56. The van der Waals surface area contributed by atoms with Gasteiger partial charge < -0.3 is 10.3 Å². The highest BCUT2D eigenvalue weighted by Crippen LogP contribution is 2.22. The fraction of sp³-hybridized carbons (Fsp3) is 0.818. The SMILES string of the molecule is CCCC(CN)c1nnc(C)n1C(C)C. The van der Waals surface area contributed by atoms with E-state index in [0.29, 0.717) is 18.5 Å². The zero-order chi connectivity index (χ0) is 11.4. The molecule has 0 aromatic carbocycles. The highest BCUT2D eigenvalue weighted by Gasteiger charge is 2.19. The molecule has 0 saturated heterocycles. The van der Waals surface area contributed by atoms with Crippen molar-refractivity contribution in [1.82, 2.24) is 14.8 Å². The minimum absolute atomic E-state index is 0.346. The van der Waals surface area contributed by atoms with Crippen molar-refractivity contribution < 1.29 is 0 Å². The normalized spacial score (nSPS) is 13.5. The molecule has 15 heavy (non-hydrogen) atoms. The van der Waals surface area contributed by atoms with Crippen molar-refractivity contribution in [3.63, 3.8) is 0 Å². The predicted octanol–water partition coefficient (Wildman–Crippen LogP) is 2.01. The van der Waals surface area contributed by atoms with Gasteiger partial charge >= 0.3 is 0 Å². The minimum Gasteiger partial charge on any atom is -0.330 e. The Labute approximate surface area is 91.9 Å². The molecule has 1 atom stereocenters. The molecule has 0 saturated carbocycles. The Morgan fingerprint density at radius 2 is 2.00 bits per heavy atom. The summed E-state index contributed by atoms with van der Waals surface area (Å²) < 4.78 is 2.19. The molecule has 0 radical (unpaired) electrons. The van der Waals surface area contributed by atoms with Gasteiger partial charge in [0.2, 0.25) is 0 Å². The molecule has 0 fully saturated rings. The topological polar surface area (TPSA) is 56.7 Å². The van der Waals surface area contributed by atoms with Gasteiger partial charge in [0.15, 0.2) is 0 Å². The molecule has 86 valence electrons. The Morgan fingerprint density at radius 3 is 2.47 bits per heavy atom. The molecule has 1 aromatic heterocycles. The van der Waals surface area contributed by atoms with Crippen LogP contribution < -0.4 is 5.73 Å². The van der Waals surface area contributed by atoms with Gasteiger partial charge in [0.25, 0.3) is 0 Å². The number of aromatic nitrogens is 3. The van der Waals surface area contributed by atoms with Crippen molar-refractivity contribution in [2.24, 2.45) is 5.73 Å². The molecule has 4 nitrogen and oxygen atoms in total. The van der Waals surface area contributed by atoms with Gasteiger partial charge in [-0.25, -0.2) is 0 Å². The van der Waals surface area contributed by atoms with E-state index in [-0.39, 0.29) is 0 Å². The van der Waals surface area contributed by atoms with Crippen LogP contribution in [0.25, 0.3) is 0 Å². The summed E-state index contributed by atoms with van der Waals surface area (Å²) >= 11 is 0. The van der Waals surface area contributed by atoms with Crippen LogP contribution in [0, 0.1) is 6.92 Å². The third-order valence-corrected chi connectivity index (χ3v) is 2.70. The molecular weight excluding hydrogens is 188 g/mol. The van der Waals surface area contributed by atoms with E-state index < -0.39 is 0 Å². The number of hydrogen-bond acceptors (Lipinski definition) is 3. The van der Waals surface area contributed by atoms with Gasteiger partial charge in [0.05, 0.1) is 0 Å². The number of aryl methyl sites for hydroxylation is 1. The van der Waals surface area contributed by atoms with Crippen LogP contribution in [0.5, 0.6) is 0 Å². The molecule has 1 aromatic rings. The van der Waals surface area contributed by atoms with Crippen molar-refractivity contribution in [2.75, 3.05) is 6.54 Å². The molecule has 2 N–H and O–H groups in total. The average molecular weight is 210 g/mol. The highest BCUT2D eigenvalue weighted by molar-refractivity contribution is 5.03. The maximum Gasteiger partial charge on any atom is 0.137 e. The zero-order valence-electron chi connectivity index (χ0n) is 10.2. The molecule has 0 aliphatic heterocycles. The lowest BCUT2D eigenvalue weighted by atomic mass is 10.0. The Kier molecular flexibility index (Phi) is 4.27. The third-order valence-electron chi connectivity index (χ3n) is 2.70. The van der Waals surface area contributed by atoms with E-state index in [1.165, 1.54) is 0 Å². The molecule has 0 bridgehead atoms. The van der Waals surface area contributed by atoms with E-state index in [4.69, 9.17) is 5.73 Å². The Balaban J connectivity index is 3.01. The number of nitrogens with zero attached hydrogens (tertiary/aromatic N) is 3. The molecule has 0 aliphatic rings. The smallest absolute Gasteiger partial charge is 0.137 e. The largest absolute Gasteiger partial charge is 0.330 e. The second-order valence-electron chi connectivity index (χ2n) is 4.29. The average Bonchev–Trinajstić information content (AvgIpc) is 2.56. The summed E-state index contributed by atoms with van der Waals surface area (Å²) in [7, 11) is 0. The van der Waals surface area contributed by atoms with Gasteiger partial charge in [-0.3, -0.25) is 0 Å². The van der Waals surface area contributed by atoms with Crippen LogP contribution >= 0.6 is 0 Å². The van der Waals surface area contributed by atoms with Crippen LogP contribution in [0.3, 0.4) is 0 Å². The molecule has 1 unspecified atom stereocenters. The fourth-order valence-electron chi connectivity index (χ4n) is 2.00. The second-order valence-corrected chi connectivity index (χ2v) is 4.29. The quantitative estimate of drug-likeness (QED) is 0.808. The summed E-state index contributed by atoms with van der Waals surface area (Å²) in [5, 5.41) is 8.41. The molecule has 0 aliphatic carbocycles. The van der Waals surface area contributed by atoms with E-state index in [1.807, 2.05) is 6.92 Å². The monoisotopic (exact) mass is 210 g/mol. The Morgan fingerprint density at radius 1 is 1.33 bits per heavy atom. The van der Waals surface area contributed by atoms with Crippen LogP contribution in [-0.4, -0.2) is 21.3 Å². The summed E-state index contributed by atoms with van der Waals surface area (Å²) in [5.74, 6) is 2.38. The van der Waals surface area contributed by atoms with Gasteiger partial charge in [-0.1, -0.05) is 13.3 Å². The lowest BCUT2D eigenvalue weighted by Crippen LogP contribution is -2.19. The Hall–Kier alpha value is -0.900. The summed E-state index contributed by atoms with van der Waals surface area (Å²) in [6, 6.07) is 0.404. The summed E-state index contributed by atoms with van der Waals surface area (Å²) in [6.45, 7) is 9.12. The minimum atomic E-state index is 0.346. The van der Waals surface area contributed by atoms with E-state index in [9.17, 15) is 0 Å². The lowest BCUT2D eigenvalue weighted by molar-refractivity contribution is 0.498. The first-order valence-corrected chi connectivity index (χ1v) is 5.73. The number of hydrogen-bond donors (Lipinski definition) is 1.